The van der Waals surface area contributed by atoms with Crippen molar-refractivity contribution in [1.82, 2.24) is 5.32 Å². The molecule has 0 aromatic heterocycles. The zero-order valence-electron chi connectivity index (χ0n) is 12.8. The lowest BCUT2D eigenvalue weighted by Gasteiger charge is -2.07. The van der Waals surface area contributed by atoms with Crippen LogP contribution in [0.1, 0.15) is 21.5 Å². The van der Waals surface area contributed by atoms with Gasteiger partial charge < -0.3 is 5.32 Å². The van der Waals surface area contributed by atoms with Gasteiger partial charge in [0.25, 0.3) is 11.6 Å². The number of amides is 1. The maximum absolute atomic E-state index is 11.9. The topological polar surface area (TPSA) is 72.2 Å². The number of nitro benzene ring substituents is 1. The smallest absolute Gasteiger partial charge is 0.269 e. The average Bonchev–Trinajstić information content (AvgIpc) is 2.56. The summed E-state index contributed by atoms with van der Waals surface area (Å²) in [6, 6.07) is 13.8. The Bertz CT molecular complexity index is 686. The number of aryl methyl sites for hydroxylation is 1. The number of nitrogens with one attached hydrogen (secondary N) is 1. The van der Waals surface area contributed by atoms with Gasteiger partial charge in [0.05, 0.1) is 4.92 Å². The van der Waals surface area contributed by atoms with Gasteiger partial charge in [-0.3, -0.25) is 14.9 Å². The van der Waals surface area contributed by atoms with Crippen molar-refractivity contribution in [3.63, 3.8) is 0 Å². The SMILES string of the molecule is Cc1ccccc1CSCCNC(=O)c1ccc([N+](=O)[O-])cc1. The number of carbonyl (C=O) groups excluding carboxylic acids is 1. The third-order valence-corrected chi connectivity index (χ3v) is 4.40. The molecule has 0 unspecified atom stereocenters. The molecule has 1 N–H and O–H groups in total. The molecule has 0 saturated heterocycles. The highest BCUT2D eigenvalue weighted by Crippen LogP contribution is 2.15. The molecule has 0 radical (unpaired) electrons. The van der Waals surface area contributed by atoms with Gasteiger partial charge in [0.15, 0.2) is 0 Å². The molecule has 2 aromatic rings. The molecule has 5 nitrogen and oxygen atoms in total. The summed E-state index contributed by atoms with van der Waals surface area (Å²) >= 11 is 1.76. The molecule has 1 amide bonds. The van der Waals surface area contributed by atoms with E-state index in [0.29, 0.717) is 12.1 Å². The van der Waals surface area contributed by atoms with Crippen molar-refractivity contribution in [2.75, 3.05) is 12.3 Å². The Morgan fingerprint density at radius 1 is 1.17 bits per heavy atom. The first kappa shape index (κ1) is 17.0. The molecule has 0 aliphatic rings. The fraction of sp³-hybridized carbons (Fsp3) is 0.235. The van der Waals surface area contributed by atoms with Gasteiger partial charge in [-0.1, -0.05) is 24.3 Å². The number of hydrogen-bond acceptors (Lipinski definition) is 4. The normalized spacial score (nSPS) is 10.3. The second-order valence-electron chi connectivity index (χ2n) is 5.04. The molecule has 120 valence electrons. The molecule has 0 atom stereocenters. The summed E-state index contributed by atoms with van der Waals surface area (Å²) in [5.74, 6) is 1.52. The molecule has 23 heavy (non-hydrogen) atoms. The van der Waals surface area contributed by atoms with E-state index >= 15 is 0 Å². The predicted molar refractivity (Wildman–Crippen MR) is 92.8 cm³/mol. The maximum Gasteiger partial charge on any atom is 0.269 e. The number of nitro groups is 1. The standard InChI is InChI=1S/C17H18N2O3S/c1-13-4-2-3-5-15(13)12-23-11-10-18-17(20)14-6-8-16(9-7-14)19(21)22/h2-9H,10-12H2,1H3,(H,18,20). The number of carbonyl (C=O) groups is 1. The third-order valence-electron chi connectivity index (χ3n) is 3.39. The Hall–Kier alpha value is -2.34. The van der Waals surface area contributed by atoms with Gasteiger partial charge in [0.1, 0.15) is 0 Å². The van der Waals surface area contributed by atoms with Crippen molar-refractivity contribution in [2.45, 2.75) is 12.7 Å². The van der Waals surface area contributed by atoms with E-state index < -0.39 is 4.92 Å². The van der Waals surface area contributed by atoms with Crippen molar-refractivity contribution >= 4 is 23.4 Å². The van der Waals surface area contributed by atoms with Crippen LogP contribution in [-0.2, 0) is 5.75 Å². The summed E-state index contributed by atoms with van der Waals surface area (Å²) in [6.45, 7) is 2.65. The van der Waals surface area contributed by atoms with E-state index in [9.17, 15) is 14.9 Å². The second kappa shape index (κ2) is 8.33. The minimum Gasteiger partial charge on any atom is -0.351 e. The number of non-ortho nitro benzene ring substituents is 1. The molecule has 0 heterocycles. The van der Waals surface area contributed by atoms with Crippen LogP contribution in [0.4, 0.5) is 5.69 Å². The van der Waals surface area contributed by atoms with Crippen molar-refractivity contribution in [3.05, 3.63) is 75.3 Å². The van der Waals surface area contributed by atoms with Crippen LogP contribution >= 0.6 is 11.8 Å². The minimum atomic E-state index is -0.482. The number of rotatable bonds is 7. The number of benzene rings is 2. The lowest BCUT2D eigenvalue weighted by molar-refractivity contribution is -0.384. The van der Waals surface area contributed by atoms with Gasteiger partial charge in [0, 0.05) is 35.7 Å². The lowest BCUT2D eigenvalue weighted by Crippen LogP contribution is -2.25. The van der Waals surface area contributed by atoms with Gasteiger partial charge in [-0.25, -0.2) is 0 Å². The van der Waals surface area contributed by atoms with Crippen LogP contribution in [0.2, 0.25) is 0 Å². The van der Waals surface area contributed by atoms with Gasteiger partial charge in [-0.15, -0.1) is 0 Å². The highest BCUT2D eigenvalue weighted by Gasteiger charge is 2.08. The van der Waals surface area contributed by atoms with Crippen LogP contribution in [0.15, 0.2) is 48.5 Å². The molecule has 0 saturated carbocycles. The average molecular weight is 330 g/mol. The zero-order chi connectivity index (χ0) is 16.7. The van der Waals surface area contributed by atoms with Crippen LogP contribution < -0.4 is 5.32 Å². The highest BCUT2D eigenvalue weighted by atomic mass is 32.2. The minimum absolute atomic E-state index is 0.0182. The molecule has 2 rings (SSSR count). The van der Waals surface area contributed by atoms with E-state index in [1.165, 1.54) is 35.4 Å². The highest BCUT2D eigenvalue weighted by molar-refractivity contribution is 7.98. The summed E-state index contributed by atoms with van der Waals surface area (Å²) in [4.78, 5) is 22.0. The molecule has 0 aliphatic heterocycles. The molecule has 0 bridgehead atoms. The van der Waals surface area contributed by atoms with Crippen LogP contribution in [0, 0.1) is 17.0 Å². The monoisotopic (exact) mass is 330 g/mol. The van der Waals surface area contributed by atoms with E-state index in [4.69, 9.17) is 0 Å². The summed E-state index contributed by atoms with van der Waals surface area (Å²) in [7, 11) is 0. The number of thioether (sulfide) groups is 1. The Labute approximate surface area is 139 Å². The predicted octanol–water partition coefficient (Wildman–Crippen LogP) is 3.57. The van der Waals surface area contributed by atoms with Gasteiger partial charge in [-0.05, 0) is 30.2 Å². The fourth-order valence-corrected chi connectivity index (χ4v) is 2.96. The maximum atomic E-state index is 11.9. The van der Waals surface area contributed by atoms with Crippen molar-refractivity contribution in [3.8, 4) is 0 Å². The van der Waals surface area contributed by atoms with Crippen molar-refractivity contribution in [2.24, 2.45) is 0 Å². The summed E-state index contributed by atoms with van der Waals surface area (Å²) in [6.07, 6.45) is 0. The first-order valence-electron chi connectivity index (χ1n) is 7.23. The molecular formula is C17H18N2O3S. The number of nitrogens with zero attached hydrogens (tertiary/aromatic N) is 1. The summed E-state index contributed by atoms with van der Waals surface area (Å²) in [5.41, 5.74) is 2.99. The van der Waals surface area contributed by atoms with Crippen LogP contribution in [0.5, 0.6) is 0 Å². The van der Waals surface area contributed by atoms with Gasteiger partial charge >= 0.3 is 0 Å². The van der Waals surface area contributed by atoms with Crippen molar-refractivity contribution < 1.29 is 9.72 Å². The van der Waals surface area contributed by atoms with Gasteiger partial charge in [-0.2, -0.15) is 11.8 Å². The molecule has 6 heteroatoms. The lowest BCUT2D eigenvalue weighted by atomic mass is 10.1. The third kappa shape index (κ3) is 5.10. The first-order chi connectivity index (χ1) is 11.1. The molecule has 2 aromatic carbocycles. The van der Waals surface area contributed by atoms with Crippen LogP contribution in [-0.4, -0.2) is 23.1 Å². The Morgan fingerprint density at radius 2 is 1.87 bits per heavy atom. The van der Waals surface area contributed by atoms with E-state index in [1.54, 1.807) is 11.8 Å². The summed E-state index contributed by atoms with van der Waals surface area (Å²) < 4.78 is 0. The molecule has 0 fully saturated rings. The quantitative estimate of drug-likeness (QED) is 0.478. The Balaban J connectivity index is 1.72. The van der Waals surface area contributed by atoms with E-state index in [-0.39, 0.29) is 11.6 Å². The summed E-state index contributed by atoms with van der Waals surface area (Å²) in [5, 5.41) is 13.4. The van der Waals surface area contributed by atoms with Crippen LogP contribution in [0.25, 0.3) is 0 Å². The molecule has 0 spiro atoms. The first-order valence-corrected chi connectivity index (χ1v) is 8.38. The second-order valence-corrected chi connectivity index (χ2v) is 6.14. The fourth-order valence-electron chi connectivity index (χ4n) is 2.03. The van der Waals surface area contributed by atoms with E-state index in [2.05, 4.69) is 24.4 Å². The van der Waals surface area contributed by atoms with E-state index in [0.717, 1.165) is 11.5 Å². The van der Waals surface area contributed by atoms with Crippen LogP contribution in [0.3, 0.4) is 0 Å². The zero-order valence-corrected chi connectivity index (χ0v) is 13.6. The Morgan fingerprint density at radius 3 is 2.52 bits per heavy atom. The van der Waals surface area contributed by atoms with E-state index in [1.807, 2.05) is 12.1 Å². The molecular weight excluding hydrogens is 312 g/mol. The van der Waals surface area contributed by atoms with Gasteiger partial charge in [0.2, 0.25) is 0 Å². The largest absolute Gasteiger partial charge is 0.351 e. The molecule has 0 aliphatic carbocycles. The Kier molecular flexibility index (Phi) is 6.17. The van der Waals surface area contributed by atoms with Crippen molar-refractivity contribution in [1.29, 1.82) is 0 Å². The number of hydrogen-bond donors (Lipinski definition) is 1.